The highest BCUT2D eigenvalue weighted by atomic mass is 16.1. The third-order valence-electron chi connectivity index (χ3n) is 3.10. The molecule has 1 heterocycles. The molecule has 0 bridgehead atoms. The standard InChI is InChI=1S/C13H24N4O/c1-5-6-7-15-13(18)9-14-8-12-10(2)16-17(4)11(12)3/h14H,5-9H2,1-4H3,(H,15,18). The summed E-state index contributed by atoms with van der Waals surface area (Å²) in [7, 11) is 1.93. The molecule has 2 N–H and O–H groups in total. The van der Waals surface area contributed by atoms with Crippen LogP contribution in [0.5, 0.6) is 0 Å². The summed E-state index contributed by atoms with van der Waals surface area (Å²) in [6.45, 7) is 7.95. The predicted molar refractivity (Wildman–Crippen MR) is 72.3 cm³/mol. The number of aryl methyl sites for hydroxylation is 2. The highest BCUT2D eigenvalue weighted by Crippen LogP contribution is 2.10. The van der Waals surface area contributed by atoms with Crippen LogP contribution in [0.3, 0.4) is 0 Å². The van der Waals surface area contributed by atoms with Gasteiger partial charge in [-0.1, -0.05) is 13.3 Å². The van der Waals surface area contributed by atoms with Crippen molar-refractivity contribution in [1.29, 1.82) is 0 Å². The van der Waals surface area contributed by atoms with Gasteiger partial charge in [0.1, 0.15) is 0 Å². The van der Waals surface area contributed by atoms with Crippen molar-refractivity contribution in [2.24, 2.45) is 7.05 Å². The molecule has 0 spiro atoms. The van der Waals surface area contributed by atoms with E-state index in [1.165, 1.54) is 5.56 Å². The molecule has 0 aliphatic rings. The number of hydrogen-bond donors (Lipinski definition) is 2. The second kappa shape index (κ2) is 7.16. The zero-order chi connectivity index (χ0) is 13.5. The lowest BCUT2D eigenvalue weighted by atomic mass is 10.2. The van der Waals surface area contributed by atoms with Gasteiger partial charge in [0.05, 0.1) is 12.2 Å². The Morgan fingerprint density at radius 2 is 2.11 bits per heavy atom. The fourth-order valence-corrected chi connectivity index (χ4v) is 1.84. The van der Waals surface area contributed by atoms with Gasteiger partial charge in [-0.3, -0.25) is 9.48 Å². The normalized spacial score (nSPS) is 10.7. The summed E-state index contributed by atoms with van der Waals surface area (Å²) in [4.78, 5) is 11.5. The van der Waals surface area contributed by atoms with Gasteiger partial charge in [-0.2, -0.15) is 5.10 Å². The number of amides is 1. The lowest BCUT2D eigenvalue weighted by molar-refractivity contribution is -0.120. The smallest absolute Gasteiger partial charge is 0.233 e. The van der Waals surface area contributed by atoms with Crippen molar-refractivity contribution < 1.29 is 4.79 Å². The Morgan fingerprint density at radius 3 is 2.67 bits per heavy atom. The molecule has 1 amide bonds. The van der Waals surface area contributed by atoms with Crippen molar-refractivity contribution in [3.05, 3.63) is 17.0 Å². The van der Waals surface area contributed by atoms with Gasteiger partial charge in [-0.25, -0.2) is 0 Å². The van der Waals surface area contributed by atoms with Crippen LogP contribution in [-0.4, -0.2) is 28.8 Å². The fraction of sp³-hybridized carbons (Fsp3) is 0.692. The molecule has 0 atom stereocenters. The van der Waals surface area contributed by atoms with Gasteiger partial charge in [-0.15, -0.1) is 0 Å². The maximum absolute atomic E-state index is 11.5. The summed E-state index contributed by atoms with van der Waals surface area (Å²) in [5, 5.41) is 10.4. The summed E-state index contributed by atoms with van der Waals surface area (Å²) >= 11 is 0. The van der Waals surface area contributed by atoms with Gasteiger partial charge < -0.3 is 10.6 Å². The number of unbranched alkanes of at least 4 members (excludes halogenated alkanes) is 1. The van der Waals surface area contributed by atoms with Crippen LogP contribution in [0.2, 0.25) is 0 Å². The summed E-state index contributed by atoms with van der Waals surface area (Å²) in [5.74, 6) is 0.0580. The van der Waals surface area contributed by atoms with Gasteiger partial charge in [0.25, 0.3) is 0 Å². The first-order chi connectivity index (χ1) is 8.56. The molecular formula is C13H24N4O. The van der Waals surface area contributed by atoms with E-state index in [0.29, 0.717) is 13.1 Å². The van der Waals surface area contributed by atoms with Crippen LogP contribution in [0.4, 0.5) is 0 Å². The number of hydrogen-bond acceptors (Lipinski definition) is 3. The largest absolute Gasteiger partial charge is 0.355 e. The molecule has 5 heteroatoms. The van der Waals surface area contributed by atoms with E-state index in [4.69, 9.17) is 0 Å². The number of carbonyl (C=O) groups is 1. The Morgan fingerprint density at radius 1 is 1.39 bits per heavy atom. The first-order valence-electron chi connectivity index (χ1n) is 6.52. The lowest BCUT2D eigenvalue weighted by Crippen LogP contribution is -2.34. The summed E-state index contributed by atoms with van der Waals surface area (Å²) in [6.07, 6.45) is 2.13. The van der Waals surface area contributed by atoms with Crippen molar-refractivity contribution in [2.45, 2.75) is 40.2 Å². The summed E-state index contributed by atoms with van der Waals surface area (Å²) < 4.78 is 1.87. The van der Waals surface area contributed by atoms with Gasteiger partial charge in [0.15, 0.2) is 0 Å². The average Bonchev–Trinajstić information content (AvgIpc) is 2.56. The second-order valence-electron chi connectivity index (χ2n) is 4.58. The Labute approximate surface area is 109 Å². The number of nitrogens with one attached hydrogen (secondary N) is 2. The van der Waals surface area contributed by atoms with Crippen molar-refractivity contribution >= 4 is 5.91 Å². The van der Waals surface area contributed by atoms with Gasteiger partial charge >= 0.3 is 0 Å². The monoisotopic (exact) mass is 252 g/mol. The van der Waals surface area contributed by atoms with Crippen LogP contribution in [0.15, 0.2) is 0 Å². The molecule has 1 rings (SSSR count). The van der Waals surface area contributed by atoms with Crippen LogP contribution < -0.4 is 10.6 Å². The van der Waals surface area contributed by atoms with Gasteiger partial charge in [0.2, 0.25) is 5.91 Å². The molecule has 1 aromatic rings. The van der Waals surface area contributed by atoms with Crippen molar-refractivity contribution in [2.75, 3.05) is 13.1 Å². The van der Waals surface area contributed by atoms with E-state index < -0.39 is 0 Å². The summed E-state index contributed by atoms with van der Waals surface area (Å²) in [6, 6.07) is 0. The fourth-order valence-electron chi connectivity index (χ4n) is 1.84. The maximum atomic E-state index is 11.5. The minimum atomic E-state index is 0.0580. The van der Waals surface area contributed by atoms with E-state index >= 15 is 0 Å². The van der Waals surface area contributed by atoms with E-state index in [1.807, 2.05) is 25.6 Å². The predicted octanol–water partition coefficient (Wildman–Crippen LogP) is 1.04. The van der Waals surface area contributed by atoms with Crippen molar-refractivity contribution in [1.82, 2.24) is 20.4 Å². The minimum absolute atomic E-state index is 0.0580. The number of aromatic nitrogens is 2. The van der Waals surface area contributed by atoms with E-state index in [2.05, 4.69) is 22.7 Å². The Balaban J connectivity index is 2.31. The van der Waals surface area contributed by atoms with Crippen molar-refractivity contribution in [3.63, 3.8) is 0 Å². The molecule has 102 valence electrons. The molecule has 0 saturated heterocycles. The van der Waals surface area contributed by atoms with E-state index in [0.717, 1.165) is 30.8 Å². The van der Waals surface area contributed by atoms with E-state index in [-0.39, 0.29) is 5.91 Å². The second-order valence-corrected chi connectivity index (χ2v) is 4.58. The number of carbonyl (C=O) groups excluding carboxylic acids is 1. The third kappa shape index (κ3) is 4.14. The Hall–Kier alpha value is -1.36. The van der Waals surface area contributed by atoms with Gasteiger partial charge in [0, 0.05) is 31.4 Å². The average molecular weight is 252 g/mol. The Kier molecular flexibility index (Phi) is 5.85. The van der Waals surface area contributed by atoms with E-state index in [9.17, 15) is 4.79 Å². The highest BCUT2D eigenvalue weighted by Gasteiger charge is 2.09. The van der Waals surface area contributed by atoms with Crippen LogP contribution in [-0.2, 0) is 18.4 Å². The molecule has 0 aromatic carbocycles. The molecule has 18 heavy (non-hydrogen) atoms. The first-order valence-corrected chi connectivity index (χ1v) is 6.52. The maximum Gasteiger partial charge on any atom is 0.233 e. The zero-order valence-corrected chi connectivity index (χ0v) is 11.8. The first kappa shape index (κ1) is 14.7. The minimum Gasteiger partial charge on any atom is -0.355 e. The molecule has 0 aliphatic carbocycles. The molecule has 0 aliphatic heterocycles. The molecule has 1 aromatic heterocycles. The SMILES string of the molecule is CCCCNC(=O)CNCc1c(C)nn(C)c1C. The van der Waals surface area contributed by atoms with Gasteiger partial charge in [-0.05, 0) is 20.3 Å². The van der Waals surface area contributed by atoms with E-state index in [1.54, 1.807) is 0 Å². The highest BCUT2D eigenvalue weighted by molar-refractivity contribution is 5.77. The van der Waals surface area contributed by atoms with Crippen LogP contribution >= 0.6 is 0 Å². The molecule has 0 radical (unpaired) electrons. The molecular weight excluding hydrogens is 228 g/mol. The summed E-state index contributed by atoms with van der Waals surface area (Å²) in [5.41, 5.74) is 3.35. The van der Waals surface area contributed by atoms with Crippen LogP contribution in [0, 0.1) is 13.8 Å². The molecule has 0 saturated carbocycles. The number of nitrogens with zero attached hydrogens (tertiary/aromatic N) is 2. The molecule has 0 unspecified atom stereocenters. The van der Waals surface area contributed by atoms with Crippen LogP contribution in [0.25, 0.3) is 0 Å². The quantitative estimate of drug-likeness (QED) is 0.713. The number of rotatable bonds is 7. The molecule has 5 nitrogen and oxygen atoms in total. The Bertz CT molecular complexity index is 398. The third-order valence-corrected chi connectivity index (χ3v) is 3.10. The lowest BCUT2D eigenvalue weighted by Gasteiger charge is -2.06. The molecule has 0 fully saturated rings. The van der Waals surface area contributed by atoms with Crippen LogP contribution in [0.1, 0.15) is 36.7 Å². The van der Waals surface area contributed by atoms with Crippen molar-refractivity contribution in [3.8, 4) is 0 Å². The topological polar surface area (TPSA) is 59.0 Å². The zero-order valence-electron chi connectivity index (χ0n) is 11.8.